The molecule has 0 aliphatic carbocycles. The van der Waals surface area contributed by atoms with Crippen molar-refractivity contribution in [1.29, 1.82) is 0 Å². The van der Waals surface area contributed by atoms with E-state index in [-0.39, 0.29) is 10.5 Å². The summed E-state index contributed by atoms with van der Waals surface area (Å²) in [6, 6.07) is 1.40. The average molecular weight is 379 g/mol. The number of sulfonamides is 1. The molecule has 1 atom stereocenters. The number of amides is 1. The highest BCUT2D eigenvalue weighted by Gasteiger charge is 2.25. The maximum absolute atomic E-state index is 12.3. The molecule has 0 saturated carbocycles. The second kappa shape index (κ2) is 6.54. The first-order valence-corrected chi connectivity index (χ1v) is 8.15. The SMILES string of the molecule is CNC(=O)C(C)NS(=O)(=O)c1cc(C(=O)O)cc(Br)c1C. The summed E-state index contributed by atoms with van der Waals surface area (Å²) < 4.78 is 27.2. The van der Waals surface area contributed by atoms with E-state index in [0.717, 1.165) is 6.07 Å². The Morgan fingerprint density at radius 3 is 2.38 bits per heavy atom. The van der Waals surface area contributed by atoms with Crippen molar-refractivity contribution in [3.8, 4) is 0 Å². The third-order valence-electron chi connectivity index (χ3n) is 2.80. The number of nitrogens with one attached hydrogen (secondary N) is 2. The van der Waals surface area contributed by atoms with Crippen LogP contribution in [0.15, 0.2) is 21.5 Å². The number of carbonyl (C=O) groups is 2. The second-order valence-corrected chi connectivity index (χ2v) is 6.88. The lowest BCUT2D eigenvalue weighted by atomic mass is 10.1. The van der Waals surface area contributed by atoms with E-state index in [4.69, 9.17) is 5.11 Å². The van der Waals surface area contributed by atoms with Crippen LogP contribution >= 0.6 is 15.9 Å². The fourth-order valence-electron chi connectivity index (χ4n) is 1.62. The number of likely N-dealkylation sites (N-methyl/N-ethyl adjacent to an activating group) is 1. The lowest BCUT2D eigenvalue weighted by Crippen LogP contribution is -2.43. The molecule has 116 valence electrons. The Balaban J connectivity index is 3.31. The molecule has 0 bridgehead atoms. The highest BCUT2D eigenvalue weighted by atomic mass is 79.9. The van der Waals surface area contributed by atoms with Gasteiger partial charge in [-0.1, -0.05) is 15.9 Å². The van der Waals surface area contributed by atoms with Gasteiger partial charge in [0.2, 0.25) is 15.9 Å². The number of halogens is 1. The van der Waals surface area contributed by atoms with Crippen LogP contribution in [0.4, 0.5) is 0 Å². The van der Waals surface area contributed by atoms with Crippen LogP contribution in [0.25, 0.3) is 0 Å². The van der Waals surface area contributed by atoms with Gasteiger partial charge in [-0.05, 0) is 31.5 Å². The molecule has 1 rings (SSSR count). The van der Waals surface area contributed by atoms with E-state index >= 15 is 0 Å². The molecular formula is C12H15BrN2O5S. The summed E-state index contributed by atoms with van der Waals surface area (Å²) in [5.74, 6) is -1.74. The van der Waals surface area contributed by atoms with E-state index in [1.807, 2.05) is 0 Å². The summed E-state index contributed by atoms with van der Waals surface area (Å²) >= 11 is 3.13. The molecule has 21 heavy (non-hydrogen) atoms. The standard InChI is InChI=1S/C12H15BrN2O5S/c1-6-9(13)4-8(12(17)18)5-10(6)21(19,20)15-7(2)11(16)14-3/h4-5,7,15H,1-3H3,(H,14,16)(H,17,18). The van der Waals surface area contributed by atoms with Gasteiger partial charge in [-0.15, -0.1) is 0 Å². The Morgan fingerprint density at radius 2 is 1.90 bits per heavy atom. The molecule has 0 spiro atoms. The maximum Gasteiger partial charge on any atom is 0.335 e. The van der Waals surface area contributed by atoms with Crippen molar-refractivity contribution in [3.05, 3.63) is 27.7 Å². The molecule has 0 radical (unpaired) electrons. The summed E-state index contributed by atoms with van der Waals surface area (Å²) in [6.45, 7) is 2.93. The van der Waals surface area contributed by atoms with Crippen molar-refractivity contribution >= 4 is 37.8 Å². The molecule has 9 heteroatoms. The van der Waals surface area contributed by atoms with Gasteiger partial charge in [-0.25, -0.2) is 13.2 Å². The molecule has 0 aliphatic heterocycles. The van der Waals surface area contributed by atoms with Crippen LogP contribution in [-0.4, -0.2) is 38.5 Å². The number of hydrogen-bond acceptors (Lipinski definition) is 4. The van der Waals surface area contributed by atoms with E-state index < -0.39 is 27.9 Å². The van der Waals surface area contributed by atoms with Crippen molar-refractivity contribution in [2.45, 2.75) is 24.8 Å². The van der Waals surface area contributed by atoms with Crippen molar-refractivity contribution in [2.75, 3.05) is 7.05 Å². The smallest absolute Gasteiger partial charge is 0.335 e. The quantitative estimate of drug-likeness (QED) is 0.703. The average Bonchev–Trinajstić information content (AvgIpc) is 2.39. The molecule has 0 aliphatic rings. The molecular weight excluding hydrogens is 364 g/mol. The number of carbonyl (C=O) groups excluding carboxylic acids is 1. The van der Waals surface area contributed by atoms with Gasteiger partial charge in [0, 0.05) is 11.5 Å². The van der Waals surface area contributed by atoms with Crippen LogP contribution < -0.4 is 10.0 Å². The minimum atomic E-state index is -4.03. The number of hydrogen-bond donors (Lipinski definition) is 3. The fourth-order valence-corrected chi connectivity index (χ4v) is 3.71. The van der Waals surface area contributed by atoms with E-state index in [1.165, 1.54) is 27.0 Å². The first-order chi connectivity index (χ1) is 9.60. The maximum atomic E-state index is 12.3. The summed E-state index contributed by atoms with van der Waals surface area (Å²) in [7, 11) is -2.64. The highest BCUT2D eigenvalue weighted by Crippen LogP contribution is 2.26. The van der Waals surface area contributed by atoms with Crippen molar-refractivity contribution in [1.82, 2.24) is 10.0 Å². The number of carboxylic acid groups (broad SMARTS) is 1. The minimum absolute atomic E-state index is 0.166. The molecule has 0 aromatic heterocycles. The third kappa shape index (κ3) is 4.02. The van der Waals surface area contributed by atoms with Crippen molar-refractivity contribution in [3.63, 3.8) is 0 Å². The highest BCUT2D eigenvalue weighted by molar-refractivity contribution is 9.10. The third-order valence-corrected chi connectivity index (χ3v) is 5.30. The molecule has 0 heterocycles. The van der Waals surface area contributed by atoms with Crippen LogP contribution in [0.2, 0.25) is 0 Å². The predicted octanol–water partition coefficient (Wildman–Crippen LogP) is 0.869. The molecule has 1 aromatic carbocycles. The summed E-state index contributed by atoms with van der Waals surface area (Å²) in [6.07, 6.45) is 0. The molecule has 7 nitrogen and oxygen atoms in total. The Labute approximate surface area is 130 Å². The van der Waals surface area contributed by atoms with Crippen LogP contribution in [-0.2, 0) is 14.8 Å². The number of rotatable bonds is 5. The van der Waals surface area contributed by atoms with Crippen LogP contribution in [0, 0.1) is 6.92 Å². The summed E-state index contributed by atoms with van der Waals surface area (Å²) in [5.41, 5.74) is 0.192. The zero-order valence-electron chi connectivity index (χ0n) is 11.6. The van der Waals surface area contributed by atoms with Gasteiger partial charge in [0.25, 0.3) is 0 Å². The Bertz CT molecular complexity index is 687. The zero-order chi connectivity index (χ0) is 16.4. The lowest BCUT2D eigenvalue weighted by molar-refractivity contribution is -0.121. The molecule has 3 N–H and O–H groups in total. The largest absolute Gasteiger partial charge is 0.478 e. The van der Waals surface area contributed by atoms with E-state index in [0.29, 0.717) is 10.0 Å². The Hall–Kier alpha value is -1.45. The number of aromatic carboxylic acids is 1. The van der Waals surface area contributed by atoms with E-state index in [1.54, 1.807) is 0 Å². The van der Waals surface area contributed by atoms with Gasteiger partial charge in [0.15, 0.2) is 0 Å². The zero-order valence-corrected chi connectivity index (χ0v) is 14.0. The summed E-state index contributed by atoms with van der Waals surface area (Å²) in [5, 5.41) is 11.3. The van der Waals surface area contributed by atoms with Gasteiger partial charge >= 0.3 is 5.97 Å². The van der Waals surface area contributed by atoms with Gasteiger partial charge in [-0.2, -0.15) is 4.72 Å². The van der Waals surface area contributed by atoms with Gasteiger partial charge in [0.1, 0.15) is 0 Å². The minimum Gasteiger partial charge on any atom is -0.478 e. The second-order valence-electron chi connectivity index (χ2n) is 4.34. The Morgan fingerprint density at radius 1 is 1.33 bits per heavy atom. The Kier molecular flexibility index (Phi) is 5.48. The van der Waals surface area contributed by atoms with Crippen molar-refractivity contribution < 1.29 is 23.1 Å². The lowest BCUT2D eigenvalue weighted by Gasteiger charge is -2.15. The molecule has 1 aromatic rings. The van der Waals surface area contributed by atoms with Crippen LogP contribution in [0.1, 0.15) is 22.8 Å². The van der Waals surface area contributed by atoms with Crippen LogP contribution in [0.5, 0.6) is 0 Å². The van der Waals surface area contributed by atoms with Gasteiger partial charge in [-0.3, -0.25) is 4.79 Å². The topological polar surface area (TPSA) is 113 Å². The first-order valence-electron chi connectivity index (χ1n) is 5.87. The predicted molar refractivity (Wildman–Crippen MR) is 79.7 cm³/mol. The van der Waals surface area contributed by atoms with E-state index in [9.17, 15) is 18.0 Å². The molecule has 0 saturated heterocycles. The first kappa shape index (κ1) is 17.6. The molecule has 1 unspecified atom stereocenters. The van der Waals surface area contributed by atoms with Gasteiger partial charge < -0.3 is 10.4 Å². The van der Waals surface area contributed by atoms with Gasteiger partial charge in [0.05, 0.1) is 16.5 Å². The normalized spacial score (nSPS) is 12.8. The van der Waals surface area contributed by atoms with E-state index in [2.05, 4.69) is 26.0 Å². The number of benzene rings is 1. The molecule has 1 amide bonds. The summed E-state index contributed by atoms with van der Waals surface area (Å²) in [4.78, 5) is 22.2. The fraction of sp³-hybridized carbons (Fsp3) is 0.333. The number of carboxylic acids is 1. The van der Waals surface area contributed by atoms with Crippen molar-refractivity contribution in [2.24, 2.45) is 0 Å². The molecule has 0 fully saturated rings. The monoisotopic (exact) mass is 378 g/mol. The van der Waals surface area contributed by atoms with Crippen LogP contribution in [0.3, 0.4) is 0 Å².